The van der Waals surface area contributed by atoms with Crippen molar-refractivity contribution in [2.75, 3.05) is 0 Å². The van der Waals surface area contributed by atoms with E-state index in [0.717, 1.165) is 46.2 Å². The number of fused-ring (bicyclic) bond motifs is 1. The van der Waals surface area contributed by atoms with Crippen LogP contribution in [0, 0.1) is 17.8 Å². The Bertz CT molecular complexity index is 685. The first kappa shape index (κ1) is 13.4. The van der Waals surface area contributed by atoms with Gasteiger partial charge in [0.1, 0.15) is 5.82 Å². The minimum absolute atomic E-state index is 0.394. The molecule has 0 atom stereocenters. The third kappa shape index (κ3) is 2.17. The van der Waals surface area contributed by atoms with E-state index in [2.05, 4.69) is 10.3 Å². The van der Waals surface area contributed by atoms with Crippen molar-refractivity contribution in [3.05, 3.63) is 29.0 Å². The van der Waals surface area contributed by atoms with Gasteiger partial charge in [0, 0.05) is 10.6 Å². The van der Waals surface area contributed by atoms with Crippen LogP contribution < -0.4 is 5.32 Å². The molecule has 3 nitrogen and oxygen atoms in total. The van der Waals surface area contributed by atoms with Crippen molar-refractivity contribution in [3.63, 3.8) is 0 Å². The summed E-state index contributed by atoms with van der Waals surface area (Å²) >= 11 is 6.05. The molecule has 0 unspecified atom stereocenters. The van der Waals surface area contributed by atoms with Gasteiger partial charge in [-0.15, -0.1) is 0 Å². The number of H-pyrrole nitrogens is 1. The second-order valence-corrected chi connectivity index (χ2v) is 8.33. The highest BCUT2D eigenvalue weighted by Gasteiger charge is 2.50. The zero-order chi connectivity index (χ0) is 14.7. The Morgan fingerprint density at radius 3 is 2.50 bits per heavy atom. The smallest absolute Gasteiger partial charge is 0.121 e. The minimum atomic E-state index is 0.394. The minimum Gasteiger partial charge on any atom is -0.341 e. The number of benzene rings is 1. The van der Waals surface area contributed by atoms with E-state index in [1.807, 2.05) is 18.2 Å². The van der Waals surface area contributed by atoms with E-state index < -0.39 is 0 Å². The highest BCUT2D eigenvalue weighted by Crippen LogP contribution is 2.55. The van der Waals surface area contributed by atoms with Gasteiger partial charge in [0.2, 0.25) is 0 Å². The fourth-order valence-corrected chi connectivity index (χ4v) is 5.89. The highest BCUT2D eigenvalue weighted by atomic mass is 35.5. The van der Waals surface area contributed by atoms with E-state index in [-0.39, 0.29) is 0 Å². The summed E-state index contributed by atoms with van der Waals surface area (Å²) in [7, 11) is 0. The third-order valence-electron chi connectivity index (χ3n) is 6.16. The first-order valence-electron chi connectivity index (χ1n) is 8.57. The Morgan fingerprint density at radius 2 is 1.82 bits per heavy atom. The number of nitrogens with zero attached hydrogens (tertiary/aromatic N) is 1. The van der Waals surface area contributed by atoms with Gasteiger partial charge in [-0.25, -0.2) is 4.98 Å². The molecule has 4 saturated carbocycles. The van der Waals surface area contributed by atoms with E-state index in [1.54, 1.807) is 0 Å². The molecular formula is C18H22ClN3. The van der Waals surface area contributed by atoms with Crippen molar-refractivity contribution in [3.8, 4) is 0 Å². The molecule has 1 aromatic heterocycles. The molecule has 4 bridgehead atoms. The van der Waals surface area contributed by atoms with Gasteiger partial charge in [0.05, 0.1) is 17.6 Å². The predicted octanol–water partition coefficient (Wildman–Crippen LogP) is 4.27. The average molecular weight is 316 g/mol. The second-order valence-electron chi connectivity index (χ2n) is 7.90. The molecule has 6 rings (SSSR count). The third-order valence-corrected chi connectivity index (χ3v) is 6.40. The Morgan fingerprint density at radius 1 is 1.14 bits per heavy atom. The van der Waals surface area contributed by atoms with Crippen LogP contribution in [0.3, 0.4) is 0 Å². The molecule has 116 valence electrons. The number of aromatic amines is 1. The summed E-state index contributed by atoms with van der Waals surface area (Å²) in [5.74, 6) is 3.97. The number of rotatable bonds is 3. The van der Waals surface area contributed by atoms with Crippen LogP contribution in [0.15, 0.2) is 18.2 Å². The van der Waals surface area contributed by atoms with Crippen LogP contribution in [0.25, 0.3) is 11.0 Å². The van der Waals surface area contributed by atoms with Gasteiger partial charge in [0.15, 0.2) is 0 Å². The highest BCUT2D eigenvalue weighted by molar-refractivity contribution is 6.31. The maximum atomic E-state index is 6.05. The van der Waals surface area contributed by atoms with E-state index in [9.17, 15) is 0 Å². The molecule has 1 heterocycles. The molecule has 2 aromatic rings. The van der Waals surface area contributed by atoms with Gasteiger partial charge >= 0.3 is 0 Å². The summed E-state index contributed by atoms with van der Waals surface area (Å²) in [5, 5.41) is 4.65. The number of halogens is 1. The Labute approximate surface area is 135 Å². The van der Waals surface area contributed by atoms with E-state index >= 15 is 0 Å². The summed E-state index contributed by atoms with van der Waals surface area (Å²) in [5.41, 5.74) is 2.44. The van der Waals surface area contributed by atoms with Crippen LogP contribution in [0.5, 0.6) is 0 Å². The Hall–Kier alpha value is -1.06. The largest absolute Gasteiger partial charge is 0.341 e. The fraction of sp³-hybridized carbons (Fsp3) is 0.611. The molecule has 4 heteroatoms. The summed E-state index contributed by atoms with van der Waals surface area (Å²) in [6, 6.07) is 5.85. The molecule has 4 aliphatic rings. The van der Waals surface area contributed by atoms with Gasteiger partial charge in [-0.1, -0.05) is 11.6 Å². The lowest BCUT2D eigenvalue weighted by Gasteiger charge is -2.57. The SMILES string of the molecule is Clc1ccc2nc(CNC34CC5CC(CC(C5)C3)C4)[nH]c2c1. The number of imidazole rings is 1. The molecule has 4 fully saturated rings. The van der Waals surface area contributed by atoms with E-state index in [0.29, 0.717) is 5.54 Å². The molecule has 0 aliphatic heterocycles. The Balaban J connectivity index is 1.35. The van der Waals surface area contributed by atoms with Crippen LogP contribution in [0.4, 0.5) is 0 Å². The summed E-state index contributed by atoms with van der Waals surface area (Å²) < 4.78 is 0. The quantitative estimate of drug-likeness (QED) is 0.887. The lowest BCUT2D eigenvalue weighted by Crippen LogP contribution is -2.58. The van der Waals surface area contributed by atoms with Crippen molar-refractivity contribution in [2.24, 2.45) is 17.8 Å². The number of aromatic nitrogens is 2. The Kier molecular flexibility index (Phi) is 2.87. The number of nitrogens with one attached hydrogen (secondary N) is 2. The van der Waals surface area contributed by atoms with Crippen LogP contribution in [-0.4, -0.2) is 15.5 Å². The summed E-state index contributed by atoms with van der Waals surface area (Å²) in [4.78, 5) is 8.11. The van der Waals surface area contributed by atoms with Crippen LogP contribution >= 0.6 is 11.6 Å². The standard InChI is InChI=1S/C18H22ClN3/c19-14-1-2-15-16(6-14)22-17(21-15)10-20-18-7-11-3-12(8-18)5-13(4-11)9-18/h1-2,6,11-13,20H,3-5,7-10H2,(H,21,22). The summed E-state index contributed by atoms with van der Waals surface area (Å²) in [6.45, 7) is 0.846. The maximum absolute atomic E-state index is 6.05. The van der Waals surface area contributed by atoms with Crippen LogP contribution in [0.2, 0.25) is 5.02 Å². The van der Waals surface area contributed by atoms with Crippen molar-refractivity contribution < 1.29 is 0 Å². The van der Waals surface area contributed by atoms with Gasteiger partial charge in [-0.3, -0.25) is 0 Å². The first-order valence-corrected chi connectivity index (χ1v) is 8.94. The van der Waals surface area contributed by atoms with Gasteiger partial charge in [0.25, 0.3) is 0 Å². The van der Waals surface area contributed by atoms with Gasteiger partial charge < -0.3 is 10.3 Å². The molecule has 4 aliphatic carbocycles. The first-order chi connectivity index (χ1) is 10.7. The average Bonchev–Trinajstić information content (AvgIpc) is 2.86. The molecule has 1 aromatic carbocycles. The van der Waals surface area contributed by atoms with Crippen molar-refractivity contribution in [1.29, 1.82) is 0 Å². The van der Waals surface area contributed by atoms with Crippen molar-refractivity contribution in [1.82, 2.24) is 15.3 Å². The monoisotopic (exact) mass is 315 g/mol. The van der Waals surface area contributed by atoms with Crippen LogP contribution in [0.1, 0.15) is 44.3 Å². The number of hydrogen-bond donors (Lipinski definition) is 2. The molecule has 2 N–H and O–H groups in total. The van der Waals surface area contributed by atoms with Crippen LogP contribution in [-0.2, 0) is 6.54 Å². The normalized spacial score (nSPS) is 36.3. The van der Waals surface area contributed by atoms with Crippen molar-refractivity contribution in [2.45, 2.75) is 50.6 Å². The van der Waals surface area contributed by atoms with E-state index in [1.165, 1.54) is 38.5 Å². The second kappa shape index (κ2) is 4.72. The fourth-order valence-electron chi connectivity index (χ4n) is 5.72. The summed E-state index contributed by atoms with van der Waals surface area (Å²) in [6.07, 6.45) is 8.61. The lowest BCUT2D eigenvalue weighted by atomic mass is 9.53. The van der Waals surface area contributed by atoms with Gasteiger partial charge in [-0.2, -0.15) is 0 Å². The molecule has 0 radical (unpaired) electrons. The van der Waals surface area contributed by atoms with E-state index in [4.69, 9.17) is 16.6 Å². The molecule has 22 heavy (non-hydrogen) atoms. The zero-order valence-electron chi connectivity index (χ0n) is 12.7. The molecule has 0 saturated heterocycles. The van der Waals surface area contributed by atoms with Gasteiger partial charge in [-0.05, 0) is 74.5 Å². The number of hydrogen-bond acceptors (Lipinski definition) is 2. The van der Waals surface area contributed by atoms with Crippen molar-refractivity contribution >= 4 is 22.6 Å². The molecule has 0 spiro atoms. The molecular weight excluding hydrogens is 294 g/mol. The predicted molar refractivity (Wildman–Crippen MR) is 88.8 cm³/mol. The zero-order valence-corrected chi connectivity index (χ0v) is 13.5. The molecule has 0 amide bonds. The maximum Gasteiger partial charge on any atom is 0.121 e. The topological polar surface area (TPSA) is 40.7 Å². The lowest BCUT2D eigenvalue weighted by molar-refractivity contribution is -0.0208.